The third-order valence-electron chi connectivity index (χ3n) is 3.00. The number of nitrogens with zero attached hydrogens (tertiary/aromatic N) is 1. The Morgan fingerprint density at radius 1 is 1.23 bits per heavy atom. The van der Waals surface area contributed by atoms with Gasteiger partial charge in [-0.3, -0.25) is 14.9 Å². The van der Waals surface area contributed by atoms with E-state index in [1.807, 2.05) is 0 Å². The Bertz CT molecular complexity index is 746. The number of ether oxygens (including phenoxy) is 1. The number of ketones is 1. The average molecular weight is 318 g/mol. The van der Waals surface area contributed by atoms with Gasteiger partial charge in [-0.1, -0.05) is 11.8 Å². The molecule has 0 saturated carbocycles. The van der Waals surface area contributed by atoms with Crippen molar-refractivity contribution >= 4 is 28.9 Å². The summed E-state index contributed by atoms with van der Waals surface area (Å²) in [5.41, 5.74) is 6.57. The molecule has 0 aliphatic rings. The fraction of sp³-hybridized carbons (Fsp3) is 0.133. The van der Waals surface area contributed by atoms with E-state index in [2.05, 4.69) is 0 Å². The van der Waals surface area contributed by atoms with Crippen LogP contribution in [0.2, 0.25) is 0 Å². The lowest BCUT2D eigenvalue weighted by atomic mass is 10.1. The molecule has 0 aromatic heterocycles. The molecule has 0 aliphatic carbocycles. The molecule has 114 valence electrons. The molecular formula is C15H14N2O4S. The molecule has 7 heteroatoms. The van der Waals surface area contributed by atoms with Crippen LogP contribution in [0.4, 0.5) is 11.4 Å². The van der Waals surface area contributed by atoms with Crippen molar-refractivity contribution in [1.82, 2.24) is 0 Å². The summed E-state index contributed by atoms with van der Waals surface area (Å²) in [5, 5.41) is 11.2. The van der Waals surface area contributed by atoms with Gasteiger partial charge in [0.2, 0.25) is 0 Å². The number of Topliss-reactive ketones (excluding diaryl/α,β-unsaturated/α-hetero) is 1. The van der Waals surface area contributed by atoms with Gasteiger partial charge in [-0.2, -0.15) is 0 Å². The van der Waals surface area contributed by atoms with Crippen LogP contribution in [-0.4, -0.2) is 17.8 Å². The third kappa shape index (κ3) is 3.37. The molecule has 0 radical (unpaired) electrons. The predicted octanol–water partition coefficient (Wildman–Crippen LogP) is 3.54. The van der Waals surface area contributed by atoms with E-state index in [-0.39, 0.29) is 11.5 Å². The molecule has 2 aromatic carbocycles. The first-order valence-electron chi connectivity index (χ1n) is 6.33. The molecule has 2 rings (SSSR count). The van der Waals surface area contributed by atoms with E-state index in [4.69, 9.17) is 10.5 Å². The zero-order valence-electron chi connectivity index (χ0n) is 12.0. The maximum atomic E-state index is 11.4. The Morgan fingerprint density at radius 2 is 1.95 bits per heavy atom. The number of methoxy groups -OCH3 is 1. The minimum atomic E-state index is -0.509. The highest BCUT2D eigenvalue weighted by Gasteiger charge is 2.18. The zero-order chi connectivity index (χ0) is 16.3. The molecule has 0 amide bonds. The quantitative estimate of drug-likeness (QED) is 0.392. The van der Waals surface area contributed by atoms with E-state index < -0.39 is 4.92 Å². The van der Waals surface area contributed by atoms with Crippen LogP contribution in [0.25, 0.3) is 0 Å². The summed E-state index contributed by atoms with van der Waals surface area (Å²) in [4.78, 5) is 23.1. The number of nitro benzene ring substituents is 1. The van der Waals surface area contributed by atoms with Crippen molar-refractivity contribution in [2.24, 2.45) is 0 Å². The van der Waals surface area contributed by atoms with E-state index in [1.54, 1.807) is 30.3 Å². The lowest BCUT2D eigenvalue weighted by Gasteiger charge is -2.09. The highest BCUT2D eigenvalue weighted by Crippen LogP contribution is 2.39. The number of carbonyl (C=O) groups is 1. The standard InChI is InChI=1S/C15H14N2O4S/c1-9(18)10-3-6-14(13(7-10)17(19)20)22-15-8-11(21-2)4-5-12(15)16/h3-8H,16H2,1-2H3. The number of hydrogen-bond donors (Lipinski definition) is 1. The lowest BCUT2D eigenvalue weighted by molar-refractivity contribution is -0.387. The fourth-order valence-electron chi connectivity index (χ4n) is 1.81. The number of carbonyl (C=O) groups excluding carboxylic acids is 1. The molecule has 6 nitrogen and oxygen atoms in total. The molecule has 2 N–H and O–H groups in total. The van der Waals surface area contributed by atoms with E-state index in [9.17, 15) is 14.9 Å². The molecule has 0 fully saturated rings. The summed E-state index contributed by atoms with van der Waals surface area (Å²) in [5.74, 6) is 0.389. The van der Waals surface area contributed by atoms with Gasteiger partial charge in [0, 0.05) is 22.2 Å². The van der Waals surface area contributed by atoms with Crippen molar-refractivity contribution in [2.45, 2.75) is 16.7 Å². The Hall–Kier alpha value is -2.54. The molecule has 0 atom stereocenters. The van der Waals surface area contributed by atoms with Gasteiger partial charge in [0.25, 0.3) is 5.69 Å². The number of nitrogens with two attached hydrogens (primary N) is 1. The van der Waals surface area contributed by atoms with Gasteiger partial charge in [0.05, 0.1) is 16.9 Å². The first kappa shape index (κ1) is 15.8. The molecule has 0 spiro atoms. The molecule has 0 saturated heterocycles. The zero-order valence-corrected chi connectivity index (χ0v) is 12.8. The first-order chi connectivity index (χ1) is 10.4. The Balaban J connectivity index is 2.45. The summed E-state index contributed by atoms with van der Waals surface area (Å²) < 4.78 is 5.13. The lowest BCUT2D eigenvalue weighted by Crippen LogP contribution is -1.97. The summed E-state index contributed by atoms with van der Waals surface area (Å²) in [7, 11) is 1.53. The molecule has 2 aromatic rings. The highest BCUT2D eigenvalue weighted by molar-refractivity contribution is 7.99. The van der Waals surface area contributed by atoms with Crippen LogP contribution in [0.1, 0.15) is 17.3 Å². The second-order valence-electron chi connectivity index (χ2n) is 4.50. The third-order valence-corrected chi connectivity index (χ3v) is 4.14. The number of benzene rings is 2. The van der Waals surface area contributed by atoms with Crippen molar-refractivity contribution in [1.29, 1.82) is 0 Å². The number of nitro groups is 1. The van der Waals surface area contributed by atoms with Crippen molar-refractivity contribution in [3.63, 3.8) is 0 Å². The summed E-state index contributed by atoms with van der Waals surface area (Å²) in [6, 6.07) is 9.50. The van der Waals surface area contributed by atoms with Gasteiger partial charge in [-0.15, -0.1) is 0 Å². The number of hydrogen-bond acceptors (Lipinski definition) is 6. The largest absolute Gasteiger partial charge is 0.497 e. The second kappa shape index (κ2) is 6.48. The summed E-state index contributed by atoms with van der Waals surface area (Å²) >= 11 is 1.16. The van der Waals surface area contributed by atoms with Crippen molar-refractivity contribution < 1.29 is 14.5 Å². The van der Waals surface area contributed by atoms with Crippen LogP contribution in [0.3, 0.4) is 0 Å². The van der Waals surface area contributed by atoms with Gasteiger partial charge >= 0.3 is 0 Å². The minimum Gasteiger partial charge on any atom is -0.497 e. The van der Waals surface area contributed by atoms with Crippen LogP contribution in [0.5, 0.6) is 5.75 Å². The van der Waals surface area contributed by atoms with Gasteiger partial charge in [-0.25, -0.2) is 0 Å². The fourth-order valence-corrected chi connectivity index (χ4v) is 2.79. The molecule has 0 heterocycles. The number of rotatable bonds is 5. The van der Waals surface area contributed by atoms with Crippen LogP contribution < -0.4 is 10.5 Å². The van der Waals surface area contributed by atoms with Crippen LogP contribution in [0.15, 0.2) is 46.2 Å². The van der Waals surface area contributed by atoms with E-state index >= 15 is 0 Å². The summed E-state index contributed by atoms with van der Waals surface area (Å²) in [6.07, 6.45) is 0. The second-order valence-corrected chi connectivity index (χ2v) is 5.59. The van der Waals surface area contributed by atoms with E-state index in [0.29, 0.717) is 26.8 Å². The van der Waals surface area contributed by atoms with Crippen molar-refractivity contribution in [3.8, 4) is 5.75 Å². The molecule has 0 unspecified atom stereocenters. The summed E-state index contributed by atoms with van der Waals surface area (Å²) in [6.45, 7) is 1.37. The van der Waals surface area contributed by atoms with Gasteiger partial charge < -0.3 is 10.5 Å². The molecule has 0 aliphatic heterocycles. The van der Waals surface area contributed by atoms with Gasteiger partial charge in [-0.05, 0) is 37.3 Å². The van der Waals surface area contributed by atoms with Crippen LogP contribution in [0, 0.1) is 10.1 Å². The van der Waals surface area contributed by atoms with Crippen LogP contribution in [-0.2, 0) is 0 Å². The number of anilines is 1. The molecular weight excluding hydrogens is 304 g/mol. The van der Waals surface area contributed by atoms with E-state index in [0.717, 1.165) is 11.8 Å². The molecule has 22 heavy (non-hydrogen) atoms. The first-order valence-corrected chi connectivity index (χ1v) is 7.14. The van der Waals surface area contributed by atoms with Gasteiger partial charge in [0.1, 0.15) is 5.75 Å². The van der Waals surface area contributed by atoms with E-state index in [1.165, 1.54) is 20.1 Å². The van der Waals surface area contributed by atoms with Gasteiger partial charge in [0.15, 0.2) is 5.78 Å². The SMILES string of the molecule is COc1ccc(N)c(Sc2ccc(C(C)=O)cc2[N+](=O)[O-])c1. The predicted molar refractivity (Wildman–Crippen MR) is 84.6 cm³/mol. The maximum absolute atomic E-state index is 11.4. The Morgan fingerprint density at radius 3 is 2.55 bits per heavy atom. The average Bonchev–Trinajstić information content (AvgIpc) is 2.49. The molecule has 0 bridgehead atoms. The Labute approximate surface area is 131 Å². The maximum Gasteiger partial charge on any atom is 0.283 e. The normalized spacial score (nSPS) is 10.3. The van der Waals surface area contributed by atoms with Crippen molar-refractivity contribution in [3.05, 3.63) is 52.1 Å². The van der Waals surface area contributed by atoms with Crippen molar-refractivity contribution in [2.75, 3.05) is 12.8 Å². The van der Waals surface area contributed by atoms with Crippen LogP contribution >= 0.6 is 11.8 Å². The minimum absolute atomic E-state index is 0.125. The smallest absolute Gasteiger partial charge is 0.283 e. The number of nitrogen functional groups attached to an aromatic ring is 1. The Kier molecular flexibility index (Phi) is 4.67. The topological polar surface area (TPSA) is 95.5 Å². The highest BCUT2D eigenvalue weighted by atomic mass is 32.2. The monoisotopic (exact) mass is 318 g/mol.